The maximum atomic E-state index is 12.1. The summed E-state index contributed by atoms with van der Waals surface area (Å²) in [6.45, 7) is 9.64. The van der Waals surface area contributed by atoms with Gasteiger partial charge < -0.3 is 16.0 Å². The van der Waals surface area contributed by atoms with Crippen molar-refractivity contribution in [1.82, 2.24) is 4.90 Å². The molecule has 0 radical (unpaired) electrons. The van der Waals surface area contributed by atoms with E-state index in [1.54, 1.807) is 0 Å². The van der Waals surface area contributed by atoms with Crippen molar-refractivity contribution in [2.24, 2.45) is 11.8 Å². The molecule has 1 aromatic carbocycles. The van der Waals surface area contributed by atoms with E-state index in [4.69, 9.17) is 5.73 Å². The summed E-state index contributed by atoms with van der Waals surface area (Å²) >= 11 is 0. The number of likely N-dealkylation sites (tertiary alicyclic amines) is 1. The van der Waals surface area contributed by atoms with E-state index in [1.807, 2.05) is 25.1 Å². The van der Waals surface area contributed by atoms with Gasteiger partial charge in [-0.1, -0.05) is 13.8 Å². The standard InChI is InChI=1S/C17H27N3O/c1-12-6-8-20(11-14(12)3)9-7-17(21)19-16-5-4-15(18)10-13(16)2/h4-5,10,12,14H,6-9,11,18H2,1-3H3,(H,19,21). The zero-order chi connectivity index (χ0) is 15.4. The maximum absolute atomic E-state index is 12.1. The molecular weight excluding hydrogens is 262 g/mol. The molecule has 1 amide bonds. The molecule has 4 nitrogen and oxygen atoms in total. The molecule has 0 bridgehead atoms. The number of carbonyl (C=O) groups excluding carboxylic acids is 1. The highest BCUT2D eigenvalue weighted by Crippen LogP contribution is 2.22. The van der Waals surface area contributed by atoms with E-state index in [1.165, 1.54) is 6.42 Å². The van der Waals surface area contributed by atoms with E-state index >= 15 is 0 Å². The highest BCUT2D eigenvalue weighted by Gasteiger charge is 2.22. The number of hydrogen-bond acceptors (Lipinski definition) is 3. The Morgan fingerprint density at radius 1 is 1.38 bits per heavy atom. The Hall–Kier alpha value is -1.55. The van der Waals surface area contributed by atoms with Gasteiger partial charge in [-0.15, -0.1) is 0 Å². The Morgan fingerprint density at radius 2 is 2.14 bits per heavy atom. The van der Waals surface area contributed by atoms with Gasteiger partial charge in [0.25, 0.3) is 0 Å². The monoisotopic (exact) mass is 289 g/mol. The Balaban J connectivity index is 1.80. The van der Waals surface area contributed by atoms with E-state index in [0.29, 0.717) is 6.42 Å². The second kappa shape index (κ2) is 6.94. The average Bonchev–Trinajstić information content (AvgIpc) is 2.43. The molecule has 1 heterocycles. The molecule has 4 heteroatoms. The van der Waals surface area contributed by atoms with Gasteiger partial charge in [-0.25, -0.2) is 0 Å². The highest BCUT2D eigenvalue weighted by atomic mass is 16.1. The van der Waals surface area contributed by atoms with E-state index in [-0.39, 0.29) is 5.91 Å². The number of nitrogens with one attached hydrogen (secondary N) is 1. The lowest BCUT2D eigenvalue weighted by Crippen LogP contribution is -2.39. The molecule has 0 aromatic heterocycles. The Bertz CT molecular complexity index is 501. The minimum absolute atomic E-state index is 0.0779. The number of rotatable bonds is 4. The van der Waals surface area contributed by atoms with Crippen LogP contribution in [0.5, 0.6) is 0 Å². The van der Waals surface area contributed by atoms with E-state index in [0.717, 1.165) is 48.4 Å². The van der Waals surface area contributed by atoms with Gasteiger partial charge in [0.1, 0.15) is 0 Å². The van der Waals surface area contributed by atoms with Crippen molar-refractivity contribution in [1.29, 1.82) is 0 Å². The van der Waals surface area contributed by atoms with Gasteiger partial charge in [-0.3, -0.25) is 4.79 Å². The summed E-state index contributed by atoms with van der Waals surface area (Å²) in [5.74, 6) is 1.60. The fourth-order valence-electron chi connectivity index (χ4n) is 2.85. The summed E-state index contributed by atoms with van der Waals surface area (Å²) in [5, 5.41) is 2.98. The number of aryl methyl sites for hydroxylation is 1. The van der Waals surface area contributed by atoms with Crippen LogP contribution in [0, 0.1) is 18.8 Å². The van der Waals surface area contributed by atoms with Crippen LogP contribution in [0.15, 0.2) is 18.2 Å². The number of nitrogens with zero attached hydrogens (tertiary/aromatic N) is 1. The first kappa shape index (κ1) is 15.8. The predicted octanol–water partition coefficient (Wildman–Crippen LogP) is 2.88. The number of piperidine rings is 1. The number of benzene rings is 1. The van der Waals surface area contributed by atoms with Crippen LogP contribution in [0.25, 0.3) is 0 Å². The lowest BCUT2D eigenvalue weighted by Gasteiger charge is -2.35. The van der Waals surface area contributed by atoms with Crippen LogP contribution in [-0.4, -0.2) is 30.4 Å². The van der Waals surface area contributed by atoms with Crippen molar-refractivity contribution in [2.75, 3.05) is 30.7 Å². The number of hydrogen-bond donors (Lipinski definition) is 2. The van der Waals surface area contributed by atoms with Crippen molar-refractivity contribution < 1.29 is 4.79 Å². The van der Waals surface area contributed by atoms with Crippen molar-refractivity contribution in [3.05, 3.63) is 23.8 Å². The Morgan fingerprint density at radius 3 is 2.81 bits per heavy atom. The van der Waals surface area contributed by atoms with Crippen LogP contribution in [-0.2, 0) is 4.79 Å². The molecule has 1 saturated heterocycles. The molecule has 0 saturated carbocycles. The van der Waals surface area contributed by atoms with Gasteiger partial charge in [0.05, 0.1) is 0 Å². The zero-order valence-corrected chi connectivity index (χ0v) is 13.4. The van der Waals surface area contributed by atoms with Crippen molar-refractivity contribution >= 4 is 17.3 Å². The van der Waals surface area contributed by atoms with Crippen molar-refractivity contribution in [3.63, 3.8) is 0 Å². The van der Waals surface area contributed by atoms with Crippen LogP contribution < -0.4 is 11.1 Å². The number of nitrogen functional groups attached to an aromatic ring is 1. The molecule has 116 valence electrons. The molecule has 2 rings (SSSR count). The first-order valence-corrected chi connectivity index (χ1v) is 7.84. The third kappa shape index (κ3) is 4.46. The van der Waals surface area contributed by atoms with Crippen molar-refractivity contribution in [3.8, 4) is 0 Å². The second-order valence-corrected chi connectivity index (χ2v) is 6.42. The molecule has 1 aromatic rings. The molecule has 1 fully saturated rings. The topological polar surface area (TPSA) is 58.4 Å². The van der Waals surface area contributed by atoms with Gasteiger partial charge in [-0.2, -0.15) is 0 Å². The normalized spacial score (nSPS) is 23.0. The summed E-state index contributed by atoms with van der Waals surface area (Å²) in [6.07, 6.45) is 1.78. The van der Waals surface area contributed by atoms with Gasteiger partial charge in [0.15, 0.2) is 0 Å². The van der Waals surface area contributed by atoms with Crippen molar-refractivity contribution in [2.45, 2.75) is 33.6 Å². The molecular formula is C17H27N3O. The van der Waals surface area contributed by atoms with E-state index in [9.17, 15) is 4.79 Å². The zero-order valence-electron chi connectivity index (χ0n) is 13.4. The lowest BCUT2D eigenvalue weighted by molar-refractivity contribution is -0.116. The molecule has 1 aliphatic heterocycles. The molecule has 3 N–H and O–H groups in total. The molecule has 0 aliphatic carbocycles. The maximum Gasteiger partial charge on any atom is 0.225 e. The van der Waals surface area contributed by atoms with Gasteiger partial charge in [-0.05, 0) is 55.5 Å². The van der Waals surface area contributed by atoms with Crippen LogP contribution in [0.2, 0.25) is 0 Å². The van der Waals surface area contributed by atoms with Crippen LogP contribution in [0.3, 0.4) is 0 Å². The Kier molecular flexibility index (Phi) is 5.23. The SMILES string of the molecule is Cc1cc(N)ccc1NC(=O)CCN1CCC(C)C(C)C1. The Labute approximate surface area is 127 Å². The third-order valence-electron chi connectivity index (χ3n) is 4.60. The first-order valence-electron chi connectivity index (χ1n) is 7.84. The highest BCUT2D eigenvalue weighted by molar-refractivity contribution is 5.91. The summed E-state index contributed by atoms with van der Waals surface area (Å²) in [5.41, 5.74) is 8.30. The number of anilines is 2. The summed E-state index contributed by atoms with van der Waals surface area (Å²) < 4.78 is 0. The number of carbonyl (C=O) groups is 1. The largest absolute Gasteiger partial charge is 0.399 e. The second-order valence-electron chi connectivity index (χ2n) is 6.42. The van der Waals surface area contributed by atoms with Gasteiger partial charge in [0.2, 0.25) is 5.91 Å². The third-order valence-corrected chi connectivity index (χ3v) is 4.60. The predicted molar refractivity (Wildman–Crippen MR) is 88.2 cm³/mol. The first-order chi connectivity index (χ1) is 9.95. The minimum Gasteiger partial charge on any atom is -0.399 e. The number of amides is 1. The van der Waals surface area contributed by atoms with Gasteiger partial charge in [0, 0.05) is 30.9 Å². The summed E-state index contributed by atoms with van der Waals surface area (Å²) in [6, 6.07) is 5.56. The molecule has 21 heavy (non-hydrogen) atoms. The smallest absolute Gasteiger partial charge is 0.225 e. The molecule has 1 aliphatic rings. The van der Waals surface area contributed by atoms with E-state index in [2.05, 4.69) is 24.1 Å². The lowest BCUT2D eigenvalue weighted by atomic mass is 9.89. The summed E-state index contributed by atoms with van der Waals surface area (Å²) in [4.78, 5) is 14.5. The van der Waals surface area contributed by atoms with Crippen LogP contribution >= 0.6 is 0 Å². The number of nitrogens with two attached hydrogens (primary N) is 1. The molecule has 2 atom stereocenters. The minimum atomic E-state index is 0.0779. The van der Waals surface area contributed by atoms with Crippen LogP contribution in [0.1, 0.15) is 32.3 Å². The van der Waals surface area contributed by atoms with Crippen LogP contribution in [0.4, 0.5) is 11.4 Å². The molecule has 2 unspecified atom stereocenters. The summed E-state index contributed by atoms with van der Waals surface area (Å²) in [7, 11) is 0. The van der Waals surface area contributed by atoms with Gasteiger partial charge >= 0.3 is 0 Å². The van der Waals surface area contributed by atoms with E-state index < -0.39 is 0 Å². The average molecular weight is 289 g/mol. The molecule has 0 spiro atoms. The fourth-order valence-corrected chi connectivity index (χ4v) is 2.85. The quantitative estimate of drug-likeness (QED) is 0.838. The fraction of sp³-hybridized carbons (Fsp3) is 0.588.